The molecule has 0 saturated carbocycles. The lowest BCUT2D eigenvalue weighted by Gasteiger charge is -2.16. The van der Waals surface area contributed by atoms with Crippen LogP contribution in [0.5, 0.6) is 11.5 Å². The molecule has 30 heavy (non-hydrogen) atoms. The molecule has 0 spiro atoms. The smallest absolute Gasteiger partial charge is 0.339 e. The van der Waals surface area contributed by atoms with Gasteiger partial charge < -0.3 is 19.5 Å². The molecule has 1 unspecified atom stereocenters. The molecule has 0 bridgehead atoms. The molecule has 0 heterocycles. The third-order valence-electron chi connectivity index (χ3n) is 4.37. The van der Waals surface area contributed by atoms with Gasteiger partial charge in [0.2, 0.25) is 0 Å². The lowest BCUT2D eigenvalue weighted by molar-refractivity contribution is -0.123. The topological polar surface area (TPSA) is 90.9 Å². The van der Waals surface area contributed by atoms with Crippen molar-refractivity contribution in [2.24, 2.45) is 0 Å². The number of nitrogens with one attached hydrogen (secondary N) is 1. The van der Waals surface area contributed by atoms with Gasteiger partial charge in [-0.05, 0) is 50.6 Å². The van der Waals surface area contributed by atoms with Crippen LogP contribution in [0.25, 0.3) is 0 Å². The minimum Gasteiger partial charge on any atom is -0.493 e. The van der Waals surface area contributed by atoms with Crippen molar-refractivity contribution in [1.82, 2.24) is 0 Å². The van der Waals surface area contributed by atoms with Gasteiger partial charge in [0.25, 0.3) is 5.91 Å². The Morgan fingerprint density at radius 2 is 1.80 bits per heavy atom. The minimum atomic E-state index is -1.07. The Bertz CT molecular complexity index is 908. The maximum Gasteiger partial charge on any atom is 0.339 e. The van der Waals surface area contributed by atoms with Gasteiger partial charge in [0.1, 0.15) is 0 Å². The molecule has 1 amide bonds. The minimum absolute atomic E-state index is 0.177. The van der Waals surface area contributed by atoms with Crippen LogP contribution >= 0.6 is 0 Å². The number of hydrogen-bond acceptors (Lipinski definition) is 6. The van der Waals surface area contributed by atoms with Gasteiger partial charge in [-0.2, -0.15) is 0 Å². The van der Waals surface area contributed by atoms with Gasteiger partial charge in [-0.3, -0.25) is 9.59 Å². The lowest BCUT2D eigenvalue weighted by atomic mass is 10.1. The summed E-state index contributed by atoms with van der Waals surface area (Å²) in [5.74, 6) is -0.439. The number of anilines is 1. The van der Waals surface area contributed by atoms with Crippen LogP contribution in [0.2, 0.25) is 0 Å². The summed E-state index contributed by atoms with van der Waals surface area (Å²) < 4.78 is 16.2. The molecule has 1 atom stereocenters. The number of rotatable bonds is 10. The molecule has 7 heteroatoms. The summed E-state index contributed by atoms with van der Waals surface area (Å²) in [7, 11) is 1.49. The Balaban J connectivity index is 2.04. The van der Waals surface area contributed by atoms with Gasteiger partial charge in [-0.25, -0.2) is 4.79 Å². The molecular weight excluding hydrogens is 386 g/mol. The third-order valence-corrected chi connectivity index (χ3v) is 4.37. The van der Waals surface area contributed by atoms with Crippen molar-refractivity contribution in [1.29, 1.82) is 0 Å². The summed E-state index contributed by atoms with van der Waals surface area (Å²) in [5, 5.41) is 2.63. The van der Waals surface area contributed by atoms with Crippen molar-refractivity contribution >= 4 is 23.3 Å². The Kier molecular flexibility index (Phi) is 8.41. The molecule has 0 aliphatic carbocycles. The van der Waals surface area contributed by atoms with E-state index in [0.29, 0.717) is 29.4 Å². The predicted octanol–water partition coefficient (Wildman–Crippen LogP) is 4.26. The largest absolute Gasteiger partial charge is 0.493 e. The molecule has 1 N–H and O–H groups in total. The molecule has 0 fully saturated rings. The fourth-order valence-electron chi connectivity index (χ4n) is 2.66. The maximum absolute atomic E-state index is 12.5. The SMILES string of the molecule is CCCCOc1ccc(C(=O)OC(C)C(=O)Nc2ccccc2C(C)=O)cc1OC. The molecule has 2 aromatic carbocycles. The van der Waals surface area contributed by atoms with Gasteiger partial charge >= 0.3 is 5.97 Å². The molecule has 0 saturated heterocycles. The van der Waals surface area contributed by atoms with E-state index in [2.05, 4.69) is 12.2 Å². The first-order valence-corrected chi connectivity index (χ1v) is 9.80. The van der Waals surface area contributed by atoms with Gasteiger partial charge in [0.05, 0.1) is 25.0 Å². The highest BCUT2D eigenvalue weighted by Gasteiger charge is 2.21. The van der Waals surface area contributed by atoms with Crippen molar-refractivity contribution in [3.05, 3.63) is 53.6 Å². The van der Waals surface area contributed by atoms with Gasteiger partial charge in [0.15, 0.2) is 23.4 Å². The molecular formula is C23H27NO6. The highest BCUT2D eigenvalue weighted by molar-refractivity contribution is 6.05. The first-order valence-electron chi connectivity index (χ1n) is 9.80. The quantitative estimate of drug-likeness (QED) is 0.356. The summed E-state index contributed by atoms with van der Waals surface area (Å²) in [4.78, 5) is 36.6. The Labute approximate surface area is 176 Å². The van der Waals surface area contributed by atoms with E-state index < -0.39 is 18.0 Å². The predicted molar refractivity (Wildman–Crippen MR) is 113 cm³/mol. The average Bonchev–Trinajstić information content (AvgIpc) is 2.74. The summed E-state index contributed by atoms with van der Waals surface area (Å²) in [5.41, 5.74) is 0.986. The van der Waals surface area contributed by atoms with Crippen LogP contribution in [-0.2, 0) is 9.53 Å². The van der Waals surface area contributed by atoms with E-state index >= 15 is 0 Å². The Morgan fingerprint density at radius 3 is 2.47 bits per heavy atom. The van der Waals surface area contributed by atoms with Crippen LogP contribution in [0, 0.1) is 0 Å². The van der Waals surface area contributed by atoms with Crippen molar-refractivity contribution in [2.75, 3.05) is 19.0 Å². The Hall–Kier alpha value is -3.35. The number of carbonyl (C=O) groups is 3. The van der Waals surface area contributed by atoms with E-state index in [1.807, 2.05) is 0 Å². The molecule has 0 aliphatic heterocycles. The summed E-state index contributed by atoms with van der Waals surface area (Å²) in [6, 6.07) is 11.4. The van der Waals surface area contributed by atoms with Gasteiger partial charge in [-0.15, -0.1) is 0 Å². The van der Waals surface area contributed by atoms with E-state index in [0.717, 1.165) is 12.8 Å². The molecule has 0 radical (unpaired) electrons. The fourth-order valence-corrected chi connectivity index (χ4v) is 2.66. The lowest BCUT2D eigenvalue weighted by Crippen LogP contribution is -2.30. The van der Waals surface area contributed by atoms with Crippen LogP contribution in [-0.4, -0.2) is 37.5 Å². The number of methoxy groups -OCH3 is 1. The molecule has 7 nitrogen and oxygen atoms in total. The number of hydrogen-bond donors (Lipinski definition) is 1. The second-order valence-electron chi connectivity index (χ2n) is 6.71. The number of benzene rings is 2. The highest BCUT2D eigenvalue weighted by Crippen LogP contribution is 2.28. The number of amides is 1. The second kappa shape index (κ2) is 11.0. The molecule has 0 aromatic heterocycles. The third kappa shape index (κ3) is 6.07. The Morgan fingerprint density at radius 1 is 1.07 bits per heavy atom. The zero-order valence-corrected chi connectivity index (χ0v) is 17.7. The zero-order chi connectivity index (χ0) is 22.1. The van der Waals surface area contributed by atoms with Crippen LogP contribution in [0.3, 0.4) is 0 Å². The monoisotopic (exact) mass is 413 g/mol. The number of unbranched alkanes of at least 4 members (excludes halogenated alkanes) is 1. The number of esters is 1. The van der Waals surface area contributed by atoms with Crippen LogP contribution in [0.15, 0.2) is 42.5 Å². The molecule has 0 aliphatic rings. The van der Waals surface area contributed by atoms with Crippen LogP contribution < -0.4 is 14.8 Å². The van der Waals surface area contributed by atoms with Crippen LogP contribution in [0.1, 0.15) is 54.3 Å². The number of Topliss-reactive ketones (excluding diaryl/α,β-unsaturated/α-hetero) is 1. The molecule has 160 valence electrons. The summed E-state index contributed by atoms with van der Waals surface area (Å²) >= 11 is 0. The highest BCUT2D eigenvalue weighted by atomic mass is 16.5. The summed E-state index contributed by atoms with van der Waals surface area (Å²) in [6.07, 6.45) is 0.847. The van der Waals surface area contributed by atoms with Gasteiger partial charge in [-0.1, -0.05) is 25.5 Å². The molecule has 2 aromatic rings. The first-order chi connectivity index (χ1) is 14.4. The van der Waals surface area contributed by atoms with Gasteiger partial charge in [0, 0.05) is 5.56 Å². The van der Waals surface area contributed by atoms with Crippen molar-refractivity contribution in [2.45, 2.75) is 39.7 Å². The van der Waals surface area contributed by atoms with E-state index in [1.165, 1.54) is 27.0 Å². The fraction of sp³-hybridized carbons (Fsp3) is 0.348. The molecule has 2 rings (SSSR count). The number of ketones is 1. The van der Waals surface area contributed by atoms with E-state index in [9.17, 15) is 14.4 Å². The van der Waals surface area contributed by atoms with E-state index in [-0.39, 0.29) is 11.3 Å². The van der Waals surface area contributed by atoms with Crippen molar-refractivity contribution < 1.29 is 28.6 Å². The number of ether oxygens (including phenoxy) is 3. The first kappa shape index (κ1) is 22.9. The van der Waals surface area contributed by atoms with E-state index in [4.69, 9.17) is 14.2 Å². The van der Waals surface area contributed by atoms with Crippen molar-refractivity contribution in [3.8, 4) is 11.5 Å². The summed E-state index contributed by atoms with van der Waals surface area (Å²) in [6.45, 7) is 5.49. The van der Waals surface area contributed by atoms with E-state index in [1.54, 1.807) is 36.4 Å². The zero-order valence-electron chi connectivity index (χ0n) is 17.7. The second-order valence-corrected chi connectivity index (χ2v) is 6.71. The maximum atomic E-state index is 12.5. The standard InChI is InChI=1S/C23H27NO6/c1-5-6-13-29-20-12-11-17(14-21(20)28-4)23(27)30-16(3)22(26)24-19-10-8-7-9-18(19)15(2)25/h7-12,14,16H,5-6,13H2,1-4H3,(H,24,26). The number of para-hydroxylation sites is 1. The van der Waals surface area contributed by atoms with Crippen molar-refractivity contribution in [3.63, 3.8) is 0 Å². The number of carbonyl (C=O) groups excluding carboxylic acids is 3. The normalized spacial score (nSPS) is 11.3. The van der Waals surface area contributed by atoms with Crippen LogP contribution in [0.4, 0.5) is 5.69 Å². The average molecular weight is 413 g/mol.